The summed E-state index contributed by atoms with van der Waals surface area (Å²) in [7, 11) is 0. The second-order valence-electron chi connectivity index (χ2n) is 7.42. The van der Waals surface area contributed by atoms with Crippen LogP contribution in [0.2, 0.25) is 0 Å². The molecule has 1 saturated heterocycles. The van der Waals surface area contributed by atoms with Gasteiger partial charge in [-0.05, 0) is 16.7 Å². The predicted molar refractivity (Wildman–Crippen MR) is 127 cm³/mol. The van der Waals surface area contributed by atoms with E-state index < -0.39 is 6.04 Å². The van der Waals surface area contributed by atoms with Gasteiger partial charge in [-0.3, -0.25) is 9.59 Å². The molecule has 3 rings (SSSR count). The Balaban J connectivity index is 1.43. The zero-order valence-corrected chi connectivity index (χ0v) is 19.0. The van der Waals surface area contributed by atoms with Crippen LogP contribution in [0.5, 0.6) is 0 Å². The molecule has 2 amide bonds. The highest BCUT2D eigenvalue weighted by atomic mass is 32.2. The van der Waals surface area contributed by atoms with Crippen LogP contribution in [0.15, 0.2) is 54.6 Å². The SMILES string of the molecule is NCCOCCOCCNC(=O)C1CSCN1C(=O)Cc1ccc(-c2ccccc2)cc1. The van der Waals surface area contributed by atoms with Gasteiger partial charge in [0.2, 0.25) is 11.8 Å². The first-order valence-electron chi connectivity index (χ1n) is 10.8. The molecule has 1 aliphatic rings. The van der Waals surface area contributed by atoms with Crippen molar-refractivity contribution < 1.29 is 19.1 Å². The third kappa shape index (κ3) is 7.34. The van der Waals surface area contributed by atoms with E-state index in [1.54, 1.807) is 16.7 Å². The summed E-state index contributed by atoms with van der Waals surface area (Å²) >= 11 is 1.60. The lowest BCUT2D eigenvalue weighted by molar-refractivity contribution is -0.137. The van der Waals surface area contributed by atoms with E-state index in [1.807, 2.05) is 42.5 Å². The monoisotopic (exact) mass is 457 g/mol. The minimum Gasteiger partial charge on any atom is -0.378 e. The number of nitrogens with two attached hydrogens (primary N) is 1. The van der Waals surface area contributed by atoms with Crippen molar-refractivity contribution in [3.05, 3.63) is 60.2 Å². The molecule has 32 heavy (non-hydrogen) atoms. The number of nitrogens with one attached hydrogen (secondary N) is 1. The molecule has 0 aliphatic carbocycles. The van der Waals surface area contributed by atoms with Gasteiger partial charge in [-0.1, -0.05) is 54.6 Å². The number of rotatable bonds is 12. The normalized spacial score (nSPS) is 15.7. The summed E-state index contributed by atoms with van der Waals surface area (Å²) in [5.41, 5.74) is 8.54. The van der Waals surface area contributed by atoms with Crippen molar-refractivity contribution in [1.29, 1.82) is 0 Å². The molecule has 1 aliphatic heterocycles. The lowest BCUT2D eigenvalue weighted by atomic mass is 10.0. The summed E-state index contributed by atoms with van der Waals surface area (Å²) in [5.74, 6) is 0.980. The summed E-state index contributed by atoms with van der Waals surface area (Å²) in [6.45, 7) is 2.76. The Morgan fingerprint density at radius 3 is 2.38 bits per heavy atom. The van der Waals surface area contributed by atoms with Gasteiger partial charge in [-0.25, -0.2) is 0 Å². The van der Waals surface area contributed by atoms with Crippen molar-refractivity contribution in [3.63, 3.8) is 0 Å². The molecule has 1 heterocycles. The smallest absolute Gasteiger partial charge is 0.243 e. The standard InChI is InChI=1S/C24H31N3O4S/c25-10-12-30-14-15-31-13-11-26-24(29)22-17-32-18-27(22)23(28)16-19-6-8-21(9-7-19)20-4-2-1-3-5-20/h1-9,22H,10-18,25H2,(H,26,29). The van der Waals surface area contributed by atoms with E-state index in [4.69, 9.17) is 15.2 Å². The molecule has 2 aromatic carbocycles. The molecular weight excluding hydrogens is 426 g/mol. The van der Waals surface area contributed by atoms with Crippen LogP contribution in [-0.2, 0) is 25.5 Å². The number of carbonyl (C=O) groups excluding carboxylic acids is 2. The van der Waals surface area contributed by atoms with Gasteiger partial charge in [0.25, 0.3) is 0 Å². The van der Waals surface area contributed by atoms with E-state index in [1.165, 1.54) is 0 Å². The summed E-state index contributed by atoms with van der Waals surface area (Å²) in [5, 5.41) is 2.87. The molecule has 1 atom stereocenters. The maximum Gasteiger partial charge on any atom is 0.243 e. The minimum atomic E-state index is -0.441. The number of carbonyl (C=O) groups is 2. The molecule has 1 fully saturated rings. The Labute approximate surface area is 193 Å². The van der Waals surface area contributed by atoms with Gasteiger partial charge < -0.3 is 25.4 Å². The number of nitrogens with zero attached hydrogens (tertiary/aromatic N) is 1. The highest BCUT2D eigenvalue weighted by molar-refractivity contribution is 7.99. The quantitative estimate of drug-likeness (QED) is 0.473. The van der Waals surface area contributed by atoms with Crippen molar-refractivity contribution in [2.45, 2.75) is 12.5 Å². The number of hydrogen-bond donors (Lipinski definition) is 2. The van der Waals surface area contributed by atoms with Gasteiger partial charge in [0.1, 0.15) is 6.04 Å². The molecule has 0 radical (unpaired) electrons. The molecule has 172 valence electrons. The van der Waals surface area contributed by atoms with E-state index >= 15 is 0 Å². The average molecular weight is 458 g/mol. The Morgan fingerprint density at radius 1 is 0.969 bits per heavy atom. The molecule has 0 saturated carbocycles. The maximum absolute atomic E-state index is 12.9. The van der Waals surface area contributed by atoms with Crippen LogP contribution in [0.1, 0.15) is 5.56 Å². The van der Waals surface area contributed by atoms with E-state index in [-0.39, 0.29) is 18.2 Å². The van der Waals surface area contributed by atoms with Crippen LogP contribution < -0.4 is 11.1 Å². The Kier molecular flexibility index (Phi) is 10.0. The predicted octanol–water partition coefficient (Wildman–Crippen LogP) is 1.91. The molecular formula is C24H31N3O4S. The highest BCUT2D eigenvalue weighted by Crippen LogP contribution is 2.23. The number of ether oxygens (including phenoxy) is 2. The van der Waals surface area contributed by atoms with E-state index in [0.29, 0.717) is 51.1 Å². The van der Waals surface area contributed by atoms with Crippen LogP contribution in [0.4, 0.5) is 0 Å². The third-order valence-corrected chi connectivity index (χ3v) is 6.11. The Bertz CT molecular complexity index is 848. The van der Waals surface area contributed by atoms with Gasteiger partial charge >= 0.3 is 0 Å². The highest BCUT2D eigenvalue weighted by Gasteiger charge is 2.34. The second kappa shape index (κ2) is 13.2. The first-order chi connectivity index (χ1) is 15.7. The van der Waals surface area contributed by atoms with Gasteiger partial charge in [0.05, 0.1) is 38.7 Å². The van der Waals surface area contributed by atoms with Crippen LogP contribution in [0.3, 0.4) is 0 Å². The van der Waals surface area contributed by atoms with Crippen LogP contribution in [0, 0.1) is 0 Å². The minimum absolute atomic E-state index is 0.0316. The van der Waals surface area contributed by atoms with Gasteiger partial charge in [-0.2, -0.15) is 0 Å². The van der Waals surface area contributed by atoms with E-state index in [0.717, 1.165) is 16.7 Å². The van der Waals surface area contributed by atoms with Crippen molar-refractivity contribution in [2.24, 2.45) is 5.73 Å². The molecule has 0 spiro atoms. The largest absolute Gasteiger partial charge is 0.378 e. The molecule has 8 heteroatoms. The fourth-order valence-corrected chi connectivity index (χ4v) is 4.58. The fraction of sp³-hybridized carbons (Fsp3) is 0.417. The van der Waals surface area contributed by atoms with Crippen LogP contribution in [0.25, 0.3) is 11.1 Å². The zero-order valence-electron chi connectivity index (χ0n) is 18.2. The van der Waals surface area contributed by atoms with Gasteiger partial charge in [-0.15, -0.1) is 11.8 Å². The zero-order chi connectivity index (χ0) is 22.6. The first-order valence-corrected chi connectivity index (χ1v) is 12.0. The van der Waals surface area contributed by atoms with Crippen molar-refractivity contribution in [3.8, 4) is 11.1 Å². The van der Waals surface area contributed by atoms with Crippen LogP contribution >= 0.6 is 11.8 Å². The first kappa shape index (κ1) is 24.3. The summed E-state index contributed by atoms with van der Waals surface area (Å²) in [6, 6.07) is 17.7. The number of benzene rings is 2. The maximum atomic E-state index is 12.9. The number of amides is 2. The van der Waals surface area contributed by atoms with Gasteiger partial charge in [0.15, 0.2) is 0 Å². The lowest BCUT2D eigenvalue weighted by Gasteiger charge is -2.23. The molecule has 0 aromatic heterocycles. The fourth-order valence-electron chi connectivity index (χ4n) is 3.40. The second-order valence-corrected chi connectivity index (χ2v) is 8.42. The molecule has 1 unspecified atom stereocenters. The summed E-state index contributed by atoms with van der Waals surface area (Å²) in [6.07, 6.45) is 0.283. The summed E-state index contributed by atoms with van der Waals surface area (Å²) in [4.78, 5) is 27.1. The van der Waals surface area contributed by atoms with Crippen molar-refractivity contribution in [1.82, 2.24) is 10.2 Å². The molecule has 2 aromatic rings. The molecule has 3 N–H and O–H groups in total. The lowest BCUT2D eigenvalue weighted by Crippen LogP contribution is -2.48. The number of thioether (sulfide) groups is 1. The van der Waals surface area contributed by atoms with Crippen LogP contribution in [-0.4, -0.2) is 73.9 Å². The number of hydrogen-bond acceptors (Lipinski definition) is 6. The van der Waals surface area contributed by atoms with Crippen molar-refractivity contribution >= 4 is 23.6 Å². The molecule has 0 bridgehead atoms. The van der Waals surface area contributed by atoms with Crippen molar-refractivity contribution in [2.75, 3.05) is 51.1 Å². The average Bonchev–Trinajstić information content (AvgIpc) is 3.32. The van der Waals surface area contributed by atoms with Gasteiger partial charge in [0, 0.05) is 18.8 Å². The van der Waals surface area contributed by atoms with E-state index in [2.05, 4.69) is 17.4 Å². The topological polar surface area (TPSA) is 93.9 Å². The summed E-state index contributed by atoms with van der Waals surface area (Å²) < 4.78 is 10.6. The Hall–Kier alpha value is -2.39. The Morgan fingerprint density at radius 2 is 1.66 bits per heavy atom. The van der Waals surface area contributed by atoms with E-state index in [9.17, 15) is 9.59 Å². The molecule has 7 nitrogen and oxygen atoms in total. The third-order valence-electron chi connectivity index (χ3n) is 5.10.